The van der Waals surface area contributed by atoms with Gasteiger partial charge in [0, 0.05) is 4.47 Å². The lowest BCUT2D eigenvalue weighted by Crippen LogP contribution is -2.06. The van der Waals surface area contributed by atoms with E-state index in [0.717, 1.165) is 16.0 Å². The summed E-state index contributed by atoms with van der Waals surface area (Å²) in [4.78, 5) is 0. The molecule has 0 aliphatic heterocycles. The van der Waals surface area contributed by atoms with Crippen molar-refractivity contribution in [1.82, 2.24) is 14.8 Å². The van der Waals surface area contributed by atoms with Crippen LogP contribution in [0.2, 0.25) is 0 Å². The fourth-order valence-electron chi connectivity index (χ4n) is 1.41. The zero-order chi connectivity index (χ0) is 10.8. The van der Waals surface area contributed by atoms with Crippen LogP contribution in [0.3, 0.4) is 0 Å². The minimum absolute atomic E-state index is 0.375. The predicted octanol–water partition coefficient (Wildman–Crippen LogP) is 1.80. The van der Waals surface area contributed by atoms with Crippen molar-refractivity contribution >= 4 is 15.9 Å². The second kappa shape index (κ2) is 4.12. The number of benzene rings is 1. The summed E-state index contributed by atoms with van der Waals surface area (Å²) in [7, 11) is 0. The standard InChI is InChI=1S/C10H11BrN4/c1-7-2-3-9(8(11)4-7)15-6-13-14-10(15)5-12/h2-4,6H,5,12H2,1H3. The quantitative estimate of drug-likeness (QED) is 0.902. The molecule has 78 valence electrons. The van der Waals surface area contributed by atoms with Crippen LogP contribution in [0.25, 0.3) is 5.69 Å². The number of halogens is 1. The molecule has 0 unspecified atom stereocenters. The summed E-state index contributed by atoms with van der Waals surface area (Å²) in [5.74, 6) is 0.750. The first kappa shape index (κ1) is 10.3. The Bertz CT molecular complexity index is 478. The van der Waals surface area contributed by atoms with Gasteiger partial charge in [-0.1, -0.05) is 6.07 Å². The molecule has 0 aliphatic rings. The van der Waals surface area contributed by atoms with Crippen molar-refractivity contribution in [3.63, 3.8) is 0 Å². The normalized spacial score (nSPS) is 10.6. The number of aryl methyl sites for hydroxylation is 1. The van der Waals surface area contributed by atoms with Crippen LogP contribution in [0.5, 0.6) is 0 Å². The van der Waals surface area contributed by atoms with Crippen molar-refractivity contribution in [2.45, 2.75) is 13.5 Å². The van der Waals surface area contributed by atoms with E-state index in [2.05, 4.69) is 32.2 Å². The summed E-state index contributed by atoms with van der Waals surface area (Å²) in [6.07, 6.45) is 1.66. The molecule has 0 spiro atoms. The third kappa shape index (κ3) is 1.93. The maximum atomic E-state index is 5.57. The fraction of sp³-hybridized carbons (Fsp3) is 0.200. The Morgan fingerprint density at radius 2 is 2.27 bits per heavy atom. The third-order valence-corrected chi connectivity index (χ3v) is 2.80. The smallest absolute Gasteiger partial charge is 0.151 e. The van der Waals surface area contributed by atoms with Crippen LogP contribution in [-0.4, -0.2) is 14.8 Å². The van der Waals surface area contributed by atoms with Crippen molar-refractivity contribution in [3.05, 3.63) is 40.4 Å². The SMILES string of the molecule is Cc1ccc(-n2cnnc2CN)c(Br)c1. The zero-order valence-corrected chi connectivity index (χ0v) is 9.90. The lowest BCUT2D eigenvalue weighted by atomic mass is 10.2. The lowest BCUT2D eigenvalue weighted by Gasteiger charge is -2.08. The van der Waals surface area contributed by atoms with E-state index in [9.17, 15) is 0 Å². The minimum atomic E-state index is 0.375. The summed E-state index contributed by atoms with van der Waals surface area (Å²) in [5.41, 5.74) is 7.78. The van der Waals surface area contributed by atoms with Crippen molar-refractivity contribution in [2.75, 3.05) is 0 Å². The molecule has 0 fully saturated rings. The first-order valence-electron chi connectivity index (χ1n) is 4.58. The number of nitrogens with two attached hydrogens (primary N) is 1. The zero-order valence-electron chi connectivity index (χ0n) is 8.31. The van der Waals surface area contributed by atoms with Gasteiger partial charge in [0.05, 0.1) is 12.2 Å². The summed E-state index contributed by atoms with van der Waals surface area (Å²) < 4.78 is 2.89. The van der Waals surface area contributed by atoms with Crippen LogP contribution in [0.4, 0.5) is 0 Å². The molecule has 1 aromatic carbocycles. The Kier molecular flexibility index (Phi) is 2.83. The maximum Gasteiger partial charge on any atom is 0.151 e. The van der Waals surface area contributed by atoms with Gasteiger partial charge in [-0.15, -0.1) is 10.2 Å². The van der Waals surface area contributed by atoms with E-state index in [0.29, 0.717) is 6.54 Å². The molecule has 0 aliphatic carbocycles. The minimum Gasteiger partial charge on any atom is -0.324 e. The highest BCUT2D eigenvalue weighted by molar-refractivity contribution is 9.10. The maximum absolute atomic E-state index is 5.57. The molecule has 1 aromatic heterocycles. The fourth-order valence-corrected chi connectivity index (χ4v) is 2.09. The number of nitrogens with zero attached hydrogens (tertiary/aromatic N) is 3. The Hall–Kier alpha value is -1.20. The Labute approximate surface area is 96.3 Å². The van der Waals surface area contributed by atoms with Crippen molar-refractivity contribution < 1.29 is 0 Å². The topological polar surface area (TPSA) is 56.7 Å². The molecule has 0 radical (unpaired) electrons. The van der Waals surface area contributed by atoms with Gasteiger partial charge in [-0.05, 0) is 40.5 Å². The molecule has 4 nitrogen and oxygen atoms in total. The van der Waals surface area contributed by atoms with Crippen LogP contribution < -0.4 is 5.73 Å². The highest BCUT2D eigenvalue weighted by Crippen LogP contribution is 2.22. The monoisotopic (exact) mass is 266 g/mol. The van der Waals surface area contributed by atoms with Gasteiger partial charge in [0.2, 0.25) is 0 Å². The van der Waals surface area contributed by atoms with Gasteiger partial charge >= 0.3 is 0 Å². The second-order valence-electron chi connectivity index (χ2n) is 3.28. The number of aromatic nitrogens is 3. The van der Waals surface area contributed by atoms with Crippen molar-refractivity contribution in [1.29, 1.82) is 0 Å². The molecular formula is C10H11BrN4. The summed E-state index contributed by atoms with van der Waals surface area (Å²) >= 11 is 3.51. The summed E-state index contributed by atoms with van der Waals surface area (Å²) in [5, 5.41) is 7.79. The van der Waals surface area contributed by atoms with Gasteiger partial charge in [-0.2, -0.15) is 0 Å². The van der Waals surface area contributed by atoms with Gasteiger partial charge in [-0.3, -0.25) is 4.57 Å². The van der Waals surface area contributed by atoms with Gasteiger partial charge in [-0.25, -0.2) is 0 Å². The van der Waals surface area contributed by atoms with Gasteiger partial charge in [0.1, 0.15) is 6.33 Å². The molecule has 2 rings (SSSR count). The van der Waals surface area contributed by atoms with Crippen molar-refractivity contribution in [3.8, 4) is 5.69 Å². The van der Waals surface area contributed by atoms with Crippen LogP contribution >= 0.6 is 15.9 Å². The molecule has 0 bridgehead atoms. The highest BCUT2D eigenvalue weighted by atomic mass is 79.9. The van der Waals surface area contributed by atoms with Gasteiger partial charge in [0.15, 0.2) is 5.82 Å². The van der Waals surface area contributed by atoms with Crippen LogP contribution in [0.1, 0.15) is 11.4 Å². The van der Waals surface area contributed by atoms with Crippen molar-refractivity contribution in [2.24, 2.45) is 5.73 Å². The Morgan fingerprint density at radius 3 is 2.93 bits per heavy atom. The van der Waals surface area contributed by atoms with E-state index in [4.69, 9.17) is 5.73 Å². The first-order valence-corrected chi connectivity index (χ1v) is 5.37. The molecule has 5 heteroatoms. The first-order chi connectivity index (χ1) is 7.22. The number of hydrogen-bond donors (Lipinski definition) is 1. The van der Waals surface area contributed by atoms with Crippen LogP contribution in [0.15, 0.2) is 29.0 Å². The van der Waals surface area contributed by atoms with Crippen LogP contribution in [0, 0.1) is 6.92 Å². The summed E-state index contributed by atoms with van der Waals surface area (Å²) in [6, 6.07) is 6.11. The molecule has 0 saturated carbocycles. The predicted molar refractivity (Wildman–Crippen MR) is 61.7 cm³/mol. The van der Waals surface area contributed by atoms with E-state index in [-0.39, 0.29) is 0 Å². The third-order valence-electron chi connectivity index (χ3n) is 2.16. The second-order valence-corrected chi connectivity index (χ2v) is 4.13. The van der Waals surface area contributed by atoms with E-state index in [1.54, 1.807) is 6.33 Å². The van der Waals surface area contributed by atoms with Gasteiger partial charge in [0.25, 0.3) is 0 Å². The van der Waals surface area contributed by atoms with E-state index in [1.807, 2.05) is 23.6 Å². The van der Waals surface area contributed by atoms with E-state index >= 15 is 0 Å². The van der Waals surface area contributed by atoms with Gasteiger partial charge < -0.3 is 5.73 Å². The molecule has 0 atom stereocenters. The number of hydrogen-bond acceptors (Lipinski definition) is 3. The Balaban J connectivity index is 2.54. The van der Waals surface area contributed by atoms with E-state index in [1.165, 1.54) is 5.56 Å². The average Bonchev–Trinajstić information content (AvgIpc) is 2.65. The largest absolute Gasteiger partial charge is 0.324 e. The summed E-state index contributed by atoms with van der Waals surface area (Å²) in [6.45, 7) is 2.42. The molecular weight excluding hydrogens is 256 g/mol. The molecule has 15 heavy (non-hydrogen) atoms. The molecule has 2 aromatic rings. The highest BCUT2D eigenvalue weighted by Gasteiger charge is 2.07. The molecule has 0 amide bonds. The molecule has 1 heterocycles. The average molecular weight is 267 g/mol. The molecule has 2 N–H and O–H groups in total. The van der Waals surface area contributed by atoms with Crippen LogP contribution in [-0.2, 0) is 6.54 Å². The molecule has 0 saturated heterocycles. The van der Waals surface area contributed by atoms with E-state index < -0.39 is 0 Å². The lowest BCUT2D eigenvalue weighted by molar-refractivity contribution is 0.857. The number of rotatable bonds is 2. The Morgan fingerprint density at radius 1 is 1.47 bits per heavy atom.